The molecule has 0 heterocycles. The molecule has 0 spiro atoms. The van der Waals surface area contributed by atoms with Gasteiger partial charge in [-0.3, -0.25) is 4.79 Å². The number of amides is 1. The van der Waals surface area contributed by atoms with Crippen LogP contribution >= 0.6 is 27.5 Å². The summed E-state index contributed by atoms with van der Waals surface area (Å²) in [5, 5.41) is 3.25. The van der Waals surface area contributed by atoms with Crippen LogP contribution in [0, 0.1) is 0 Å². The minimum atomic E-state index is -0.239. The lowest BCUT2D eigenvalue weighted by Gasteiger charge is -2.09. The van der Waals surface area contributed by atoms with Crippen LogP contribution < -0.4 is 11.1 Å². The van der Waals surface area contributed by atoms with E-state index in [-0.39, 0.29) is 5.91 Å². The van der Waals surface area contributed by atoms with Crippen molar-refractivity contribution in [1.82, 2.24) is 0 Å². The lowest BCUT2D eigenvalue weighted by molar-refractivity contribution is 0.102. The van der Waals surface area contributed by atoms with E-state index in [0.717, 1.165) is 4.47 Å². The molecule has 0 atom stereocenters. The Morgan fingerprint density at radius 1 is 1.22 bits per heavy atom. The fraction of sp³-hybridized carbons (Fsp3) is 0. The Labute approximate surface area is 118 Å². The highest BCUT2D eigenvalue weighted by atomic mass is 79.9. The molecule has 0 aromatic heterocycles. The van der Waals surface area contributed by atoms with Gasteiger partial charge in [0, 0.05) is 9.50 Å². The smallest absolute Gasteiger partial charge is 0.256 e. The summed E-state index contributed by atoms with van der Waals surface area (Å²) in [6, 6.07) is 12.1. The molecule has 92 valence electrons. The zero-order chi connectivity index (χ0) is 13.1. The summed E-state index contributed by atoms with van der Waals surface area (Å²) >= 11 is 9.19. The second-order valence-corrected chi connectivity index (χ2v) is 4.96. The number of nitrogens with one attached hydrogen (secondary N) is 1. The summed E-state index contributed by atoms with van der Waals surface area (Å²) in [5.41, 5.74) is 7.28. The Hall–Kier alpha value is -1.52. The molecule has 0 saturated heterocycles. The van der Waals surface area contributed by atoms with E-state index in [9.17, 15) is 4.79 Å². The number of benzene rings is 2. The molecule has 3 nitrogen and oxygen atoms in total. The molecule has 0 bridgehead atoms. The molecule has 0 fully saturated rings. The normalized spacial score (nSPS) is 10.1. The number of rotatable bonds is 2. The van der Waals surface area contributed by atoms with E-state index in [4.69, 9.17) is 17.3 Å². The molecule has 2 rings (SSSR count). The Balaban J connectivity index is 2.27. The van der Waals surface area contributed by atoms with Crippen LogP contribution in [0.1, 0.15) is 10.4 Å². The largest absolute Gasteiger partial charge is 0.397 e. The number of nitrogen functional groups attached to an aromatic ring is 1. The van der Waals surface area contributed by atoms with Crippen molar-refractivity contribution in [3.8, 4) is 0 Å². The maximum Gasteiger partial charge on any atom is 0.256 e. The number of nitrogens with two attached hydrogens (primary N) is 1. The van der Waals surface area contributed by atoms with Crippen LogP contribution in [0.25, 0.3) is 0 Å². The van der Waals surface area contributed by atoms with Gasteiger partial charge in [0.05, 0.1) is 16.9 Å². The maximum atomic E-state index is 12.1. The van der Waals surface area contributed by atoms with E-state index in [1.807, 2.05) is 6.07 Å². The lowest BCUT2D eigenvalue weighted by Crippen LogP contribution is -2.13. The highest BCUT2D eigenvalue weighted by molar-refractivity contribution is 9.10. The summed E-state index contributed by atoms with van der Waals surface area (Å²) < 4.78 is 0.725. The van der Waals surface area contributed by atoms with Gasteiger partial charge in [0.25, 0.3) is 5.91 Å². The highest BCUT2D eigenvalue weighted by Gasteiger charge is 2.11. The molecule has 18 heavy (non-hydrogen) atoms. The molecule has 0 aliphatic rings. The van der Waals surface area contributed by atoms with Crippen LogP contribution in [-0.2, 0) is 0 Å². The predicted molar refractivity (Wildman–Crippen MR) is 78.0 cm³/mol. The number of hydrogen-bond donors (Lipinski definition) is 2. The van der Waals surface area contributed by atoms with Gasteiger partial charge in [-0.15, -0.1) is 0 Å². The third-order valence-electron chi connectivity index (χ3n) is 2.38. The summed E-state index contributed by atoms with van der Waals surface area (Å²) in [5.74, 6) is -0.239. The number of anilines is 2. The van der Waals surface area contributed by atoms with Gasteiger partial charge >= 0.3 is 0 Å². The van der Waals surface area contributed by atoms with Crippen molar-refractivity contribution in [3.63, 3.8) is 0 Å². The molecular formula is C13H10BrClN2O. The van der Waals surface area contributed by atoms with E-state index in [2.05, 4.69) is 21.2 Å². The second kappa shape index (κ2) is 5.42. The van der Waals surface area contributed by atoms with Gasteiger partial charge in [-0.1, -0.05) is 23.7 Å². The molecule has 3 N–H and O–H groups in total. The van der Waals surface area contributed by atoms with Gasteiger partial charge in [-0.2, -0.15) is 0 Å². The first kappa shape index (κ1) is 12.9. The van der Waals surface area contributed by atoms with Gasteiger partial charge in [-0.25, -0.2) is 0 Å². The molecular weight excluding hydrogens is 316 g/mol. The van der Waals surface area contributed by atoms with Crippen LogP contribution in [0.15, 0.2) is 46.9 Å². The molecule has 0 unspecified atom stereocenters. The Morgan fingerprint density at radius 3 is 2.67 bits per heavy atom. The maximum absolute atomic E-state index is 12.1. The summed E-state index contributed by atoms with van der Waals surface area (Å²) in [6.45, 7) is 0. The van der Waals surface area contributed by atoms with Crippen molar-refractivity contribution < 1.29 is 4.79 Å². The van der Waals surface area contributed by atoms with E-state index >= 15 is 0 Å². The Bertz CT molecular complexity index is 601. The zero-order valence-corrected chi connectivity index (χ0v) is 11.6. The monoisotopic (exact) mass is 324 g/mol. The topological polar surface area (TPSA) is 55.1 Å². The number of halogens is 2. The van der Waals surface area contributed by atoms with Crippen molar-refractivity contribution >= 4 is 44.8 Å². The first-order valence-corrected chi connectivity index (χ1v) is 6.36. The fourth-order valence-electron chi connectivity index (χ4n) is 1.47. The van der Waals surface area contributed by atoms with Gasteiger partial charge in [0.1, 0.15) is 0 Å². The highest BCUT2D eigenvalue weighted by Crippen LogP contribution is 2.24. The minimum absolute atomic E-state index is 0.239. The van der Waals surface area contributed by atoms with Crippen molar-refractivity contribution in [2.45, 2.75) is 0 Å². The Morgan fingerprint density at radius 2 is 1.94 bits per heavy atom. The predicted octanol–water partition coefficient (Wildman–Crippen LogP) is 3.94. The van der Waals surface area contributed by atoms with Gasteiger partial charge in [0.15, 0.2) is 0 Å². The number of hydrogen-bond acceptors (Lipinski definition) is 2. The van der Waals surface area contributed by atoms with E-state index in [1.54, 1.807) is 36.4 Å². The van der Waals surface area contributed by atoms with Gasteiger partial charge in [0.2, 0.25) is 0 Å². The third-order valence-corrected chi connectivity index (χ3v) is 3.31. The fourth-order valence-corrected chi connectivity index (χ4v) is 2.11. The summed E-state index contributed by atoms with van der Waals surface area (Å²) in [7, 11) is 0. The quantitative estimate of drug-likeness (QED) is 0.822. The Kier molecular flexibility index (Phi) is 3.89. The third kappa shape index (κ3) is 2.83. The van der Waals surface area contributed by atoms with Crippen LogP contribution in [-0.4, -0.2) is 5.91 Å². The second-order valence-electron chi connectivity index (χ2n) is 3.67. The molecule has 0 aliphatic heterocycles. The van der Waals surface area contributed by atoms with E-state index in [0.29, 0.717) is 22.0 Å². The zero-order valence-electron chi connectivity index (χ0n) is 9.28. The van der Waals surface area contributed by atoms with Crippen LogP contribution in [0.2, 0.25) is 5.02 Å². The average molecular weight is 326 g/mol. The minimum Gasteiger partial charge on any atom is -0.397 e. The SMILES string of the molecule is Nc1ccc(Cl)cc1NC(=O)c1ccccc1Br. The molecule has 2 aromatic rings. The lowest BCUT2D eigenvalue weighted by atomic mass is 10.2. The number of carbonyl (C=O) groups is 1. The molecule has 0 saturated carbocycles. The first-order chi connectivity index (χ1) is 8.58. The molecule has 2 aromatic carbocycles. The van der Waals surface area contributed by atoms with Crippen molar-refractivity contribution in [2.75, 3.05) is 11.1 Å². The molecule has 1 amide bonds. The molecule has 0 radical (unpaired) electrons. The summed E-state index contributed by atoms with van der Waals surface area (Å²) in [6.07, 6.45) is 0. The first-order valence-electron chi connectivity index (χ1n) is 5.19. The van der Waals surface area contributed by atoms with Gasteiger partial charge in [-0.05, 0) is 46.3 Å². The van der Waals surface area contributed by atoms with E-state index in [1.165, 1.54) is 0 Å². The van der Waals surface area contributed by atoms with Crippen molar-refractivity contribution in [3.05, 3.63) is 57.5 Å². The van der Waals surface area contributed by atoms with Crippen molar-refractivity contribution in [2.24, 2.45) is 0 Å². The average Bonchev–Trinajstić information content (AvgIpc) is 2.34. The van der Waals surface area contributed by atoms with Crippen molar-refractivity contribution in [1.29, 1.82) is 0 Å². The van der Waals surface area contributed by atoms with Crippen LogP contribution in [0.4, 0.5) is 11.4 Å². The van der Waals surface area contributed by atoms with Crippen LogP contribution in [0.5, 0.6) is 0 Å². The molecule has 0 aliphatic carbocycles. The standard InChI is InChI=1S/C13H10BrClN2O/c14-10-4-2-1-3-9(10)13(18)17-12-7-8(15)5-6-11(12)16/h1-7H,16H2,(H,17,18). The molecule has 5 heteroatoms. The number of carbonyl (C=O) groups excluding carboxylic acids is 1. The summed E-state index contributed by atoms with van der Waals surface area (Å²) in [4.78, 5) is 12.1. The van der Waals surface area contributed by atoms with Gasteiger partial charge < -0.3 is 11.1 Å². The van der Waals surface area contributed by atoms with Crippen LogP contribution in [0.3, 0.4) is 0 Å². The van der Waals surface area contributed by atoms with E-state index < -0.39 is 0 Å².